The van der Waals surface area contributed by atoms with Gasteiger partial charge in [-0.05, 0) is 36.8 Å². The fourth-order valence-electron chi connectivity index (χ4n) is 1.87. The molecule has 0 aliphatic carbocycles. The molecule has 0 radical (unpaired) electrons. The van der Waals surface area contributed by atoms with Gasteiger partial charge >= 0.3 is 5.97 Å². The zero-order chi connectivity index (χ0) is 15.9. The minimum Gasteiger partial charge on any atom is -0.455 e. The third kappa shape index (κ3) is 3.99. The van der Waals surface area contributed by atoms with Crippen molar-refractivity contribution >= 4 is 17.7 Å². The number of para-hydroxylation sites is 1. The van der Waals surface area contributed by atoms with Gasteiger partial charge in [0.15, 0.2) is 0 Å². The van der Waals surface area contributed by atoms with Crippen LogP contribution in [0.3, 0.4) is 0 Å². The topological polar surface area (TPSA) is 82.3 Å². The van der Waals surface area contributed by atoms with E-state index in [-0.39, 0.29) is 5.69 Å². The Kier molecular flexibility index (Phi) is 4.98. The summed E-state index contributed by atoms with van der Waals surface area (Å²) in [4.78, 5) is 26.1. The normalized spacial score (nSPS) is 12.0. The molecule has 0 aliphatic rings. The van der Waals surface area contributed by atoms with Crippen LogP contribution in [-0.4, -0.2) is 15.9 Å². The maximum absolute atomic E-state index is 11.8. The van der Waals surface area contributed by atoms with Gasteiger partial charge in [0.2, 0.25) is 0 Å². The van der Waals surface area contributed by atoms with Gasteiger partial charge in [-0.15, -0.1) is 0 Å². The number of ether oxygens (including phenoxy) is 1. The van der Waals surface area contributed by atoms with Crippen LogP contribution < -0.4 is 0 Å². The summed E-state index contributed by atoms with van der Waals surface area (Å²) in [6, 6.07) is 9.68. The summed E-state index contributed by atoms with van der Waals surface area (Å²) in [6.45, 7) is 1.74. The first-order valence-electron chi connectivity index (χ1n) is 6.60. The van der Waals surface area contributed by atoms with Gasteiger partial charge in [0.1, 0.15) is 6.10 Å². The van der Waals surface area contributed by atoms with Crippen molar-refractivity contribution in [2.24, 2.45) is 0 Å². The van der Waals surface area contributed by atoms with E-state index in [1.165, 1.54) is 18.2 Å². The van der Waals surface area contributed by atoms with E-state index in [4.69, 9.17) is 4.74 Å². The lowest BCUT2D eigenvalue weighted by molar-refractivity contribution is -0.385. The van der Waals surface area contributed by atoms with Crippen molar-refractivity contribution in [1.29, 1.82) is 0 Å². The number of esters is 1. The molecule has 0 fully saturated rings. The van der Waals surface area contributed by atoms with Crippen LogP contribution in [0.4, 0.5) is 5.69 Å². The highest BCUT2D eigenvalue weighted by molar-refractivity contribution is 5.88. The molecule has 2 aromatic rings. The van der Waals surface area contributed by atoms with Crippen molar-refractivity contribution in [3.8, 4) is 0 Å². The lowest BCUT2D eigenvalue weighted by Crippen LogP contribution is -2.06. The number of rotatable bonds is 5. The molecule has 6 heteroatoms. The number of pyridine rings is 1. The largest absolute Gasteiger partial charge is 0.455 e. The predicted octanol–water partition coefficient (Wildman–Crippen LogP) is 3.31. The third-order valence-corrected chi connectivity index (χ3v) is 3.00. The van der Waals surface area contributed by atoms with Gasteiger partial charge in [0, 0.05) is 24.5 Å². The van der Waals surface area contributed by atoms with Crippen LogP contribution in [0.5, 0.6) is 0 Å². The number of nitro benzene ring substituents is 1. The number of nitro groups is 1. The predicted molar refractivity (Wildman–Crippen MR) is 80.9 cm³/mol. The Labute approximate surface area is 127 Å². The Balaban J connectivity index is 2.05. The number of benzene rings is 1. The first-order valence-corrected chi connectivity index (χ1v) is 6.60. The summed E-state index contributed by atoms with van der Waals surface area (Å²) >= 11 is 0. The molecule has 0 bridgehead atoms. The minimum absolute atomic E-state index is 0.0614. The molecule has 0 amide bonds. The van der Waals surface area contributed by atoms with Crippen LogP contribution in [0.1, 0.15) is 24.2 Å². The van der Waals surface area contributed by atoms with Crippen LogP contribution >= 0.6 is 0 Å². The van der Waals surface area contributed by atoms with E-state index < -0.39 is 17.0 Å². The van der Waals surface area contributed by atoms with E-state index in [2.05, 4.69) is 4.98 Å². The molecular formula is C16H14N2O4. The SMILES string of the molecule is C[C@H](OC(=O)/C=C\c1ccccc1[N+](=O)[O-])c1ccncc1. The molecule has 0 aliphatic heterocycles. The number of hydrogen-bond acceptors (Lipinski definition) is 5. The molecule has 0 spiro atoms. The second-order valence-electron chi connectivity index (χ2n) is 4.51. The molecular weight excluding hydrogens is 284 g/mol. The molecule has 112 valence electrons. The Bertz CT molecular complexity index is 698. The molecule has 0 unspecified atom stereocenters. The third-order valence-electron chi connectivity index (χ3n) is 3.00. The fraction of sp³-hybridized carbons (Fsp3) is 0.125. The summed E-state index contributed by atoms with van der Waals surface area (Å²) in [5.41, 5.74) is 1.11. The van der Waals surface area contributed by atoms with E-state index in [1.54, 1.807) is 49.6 Å². The summed E-state index contributed by atoms with van der Waals surface area (Å²) < 4.78 is 5.24. The molecule has 0 saturated carbocycles. The number of nitrogens with zero attached hydrogens (tertiary/aromatic N) is 2. The van der Waals surface area contributed by atoms with Crippen LogP contribution in [0.25, 0.3) is 6.08 Å². The summed E-state index contributed by atoms with van der Waals surface area (Å²) in [6.07, 6.45) is 5.36. The molecule has 1 aromatic heterocycles. The highest BCUT2D eigenvalue weighted by atomic mass is 16.6. The van der Waals surface area contributed by atoms with Crippen molar-refractivity contribution in [2.75, 3.05) is 0 Å². The van der Waals surface area contributed by atoms with Crippen LogP contribution in [0, 0.1) is 10.1 Å². The Hall–Kier alpha value is -3.02. The Morgan fingerprint density at radius 3 is 2.64 bits per heavy atom. The van der Waals surface area contributed by atoms with Crippen molar-refractivity contribution in [1.82, 2.24) is 4.98 Å². The second kappa shape index (κ2) is 7.12. The lowest BCUT2D eigenvalue weighted by Gasteiger charge is -2.11. The van der Waals surface area contributed by atoms with Gasteiger partial charge in [-0.1, -0.05) is 12.1 Å². The first kappa shape index (κ1) is 15.4. The van der Waals surface area contributed by atoms with Crippen molar-refractivity contribution in [3.63, 3.8) is 0 Å². The molecule has 1 aromatic carbocycles. The molecule has 0 saturated heterocycles. The molecule has 6 nitrogen and oxygen atoms in total. The monoisotopic (exact) mass is 298 g/mol. The van der Waals surface area contributed by atoms with E-state index in [0.717, 1.165) is 5.56 Å². The zero-order valence-corrected chi connectivity index (χ0v) is 11.9. The molecule has 2 rings (SSSR count). The standard InChI is InChI=1S/C16H14N2O4/c1-12(13-8-10-17-11-9-13)22-16(19)7-6-14-4-2-3-5-15(14)18(20)21/h2-12H,1H3/b7-6-/t12-/m0/s1. The van der Waals surface area contributed by atoms with Crippen molar-refractivity contribution in [3.05, 3.63) is 76.1 Å². The zero-order valence-electron chi connectivity index (χ0n) is 11.9. The summed E-state index contributed by atoms with van der Waals surface area (Å²) in [7, 11) is 0. The average Bonchev–Trinajstić information content (AvgIpc) is 2.54. The van der Waals surface area contributed by atoms with E-state index in [1.807, 2.05) is 0 Å². The average molecular weight is 298 g/mol. The van der Waals surface area contributed by atoms with E-state index in [9.17, 15) is 14.9 Å². The quantitative estimate of drug-likeness (QED) is 0.366. The van der Waals surface area contributed by atoms with Gasteiger partial charge in [0.05, 0.1) is 10.5 Å². The summed E-state index contributed by atoms with van der Waals surface area (Å²) in [5.74, 6) is -0.567. The molecule has 22 heavy (non-hydrogen) atoms. The van der Waals surface area contributed by atoms with E-state index in [0.29, 0.717) is 5.56 Å². The van der Waals surface area contributed by atoms with E-state index >= 15 is 0 Å². The summed E-state index contributed by atoms with van der Waals surface area (Å²) in [5, 5.41) is 10.9. The first-order chi connectivity index (χ1) is 10.6. The Morgan fingerprint density at radius 2 is 1.95 bits per heavy atom. The molecule has 1 atom stereocenters. The fourth-order valence-corrected chi connectivity index (χ4v) is 1.87. The lowest BCUT2D eigenvalue weighted by atomic mass is 10.1. The number of aromatic nitrogens is 1. The van der Waals surface area contributed by atoms with Gasteiger partial charge in [-0.2, -0.15) is 0 Å². The Morgan fingerprint density at radius 1 is 1.27 bits per heavy atom. The smallest absolute Gasteiger partial charge is 0.331 e. The van der Waals surface area contributed by atoms with Crippen LogP contribution in [0.15, 0.2) is 54.9 Å². The number of carbonyl (C=O) groups is 1. The van der Waals surface area contributed by atoms with Crippen LogP contribution in [-0.2, 0) is 9.53 Å². The maximum atomic E-state index is 11.8. The van der Waals surface area contributed by atoms with Crippen molar-refractivity contribution in [2.45, 2.75) is 13.0 Å². The highest BCUT2D eigenvalue weighted by Crippen LogP contribution is 2.20. The second-order valence-corrected chi connectivity index (χ2v) is 4.51. The molecule has 0 N–H and O–H groups in total. The van der Waals surface area contributed by atoms with Gasteiger partial charge < -0.3 is 4.74 Å². The highest BCUT2D eigenvalue weighted by Gasteiger charge is 2.12. The minimum atomic E-state index is -0.567. The number of hydrogen-bond donors (Lipinski definition) is 0. The van der Waals surface area contributed by atoms with Crippen LogP contribution in [0.2, 0.25) is 0 Å². The maximum Gasteiger partial charge on any atom is 0.331 e. The molecule has 1 heterocycles. The van der Waals surface area contributed by atoms with Gasteiger partial charge in [0.25, 0.3) is 5.69 Å². The van der Waals surface area contributed by atoms with Gasteiger partial charge in [-0.25, -0.2) is 4.79 Å². The number of carbonyl (C=O) groups excluding carboxylic acids is 1. The van der Waals surface area contributed by atoms with Crippen molar-refractivity contribution < 1.29 is 14.5 Å². The van der Waals surface area contributed by atoms with Gasteiger partial charge in [-0.3, -0.25) is 15.1 Å².